The van der Waals surface area contributed by atoms with Crippen molar-refractivity contribution in [3.05, 3.63) is 71.8 Å². The second-order valence-corrected chi connectivity index (χ2v) is 6.93. The van der Waals surface area contributed by atoms with Crippen molar-refractivity contribution in [1.82, 2.24) is 5.32 Å². The van der Waals surface area contributed by atoms with Crippen LogP contribution in [-0.2, 0) is 4.79 Å². The first-order chi connectivity index (χ1) is 13.6. The van der Waals surface area contributed by atoms with Gasteiger partial charge in [-0.25, -0.2) is 0 Å². The maximum atomic E-state index is 12.5. The molecule has 1 amide bonds. The lowest BCUT2D eigenvalue weighted by atomic mass is 10.1. The number of rotatable bonds is 8. The fraction of sp³-hybridized carbons (Fsp3) is 0.292. The first-order valence-electron chi connectivity index (χ1n) is 9.70. The largest absolute Gasteiger partial charge is 0.492 e. The molecule has 1 N–H and O–H groups in total. The number of benzene rings is 3. The zero-order chi connectivity index (χ0) is 19.9. The molecule has 0 aliphatic rings. The molecule has 1 atom stereocenters. The van der Waals surface area contributed by atoms with Crippen molar-refractivity contribution in [3.8, 4) is 11.5 Å². The van der Waals surface area contributed by atoms with Crippen LogP contribution in [-0.4, -0.2) is 25.2 Å². The van der Waals surface area contributed by atoms with E-state index in [1.807, 2.05) is 69.3 Å². The molecular formula is C24H27NO3. The van der Waals surface area contributed by atoms with Gasteiger partial charge in [0.1, 0.15) is 18.1 Å². The number of nitrogens with one attached hydrogen (secondary N) is 1. The number of amides is 1. The molecule has 0 aliphatic heterocycles. The van der Waals surface area contributed by atoms with Gasteiger partial charge in [0.25, 0.3) is 5.91 Å². The summed E-state index contributed by atoms with van der Waals surface area (Å²) in [5, 5.41) is 5.22. The van der Waals surface area contributed by atoms with E-state index in [1.165, 1.54) is 5.39 Å². The molecule has 0 bridgehead atoms. The highest BCUT2D eigenvalue weighted by molar-refractivity contribution is 5.83. The Morgan fingerprint density at radius 1 is 1.00 bits per heavy atom. The van der Waals surface area contributed by atoms with E-state index in [1.54, 1.807) is 0 Å². The maximum absolute atomic E-state index is 12.5. The average Bonchev–Trinajstić information content (AvgIpc) is 2.71. The molecule has 0 spiro atoms. The third-order valence-electron chi connectivity index (χ3n) is 4.67. The van der Waals surface area contributed by atoms with Crippen LogP contribution in [0.25, 0.3) is 10.8 Å². The number of fused-ring (bicyclic) bond motifs is 1. The van der Waals surface area contributed by atoms with Crippen molar-refractivity contribution in [2.75, 3.05) is 13.2 Å². The molecule has 4 nitrogen and oxygen atoms in total. The van der Waals surface area contributed by atoms with Gasteiger partial charge < -0.3 is 14.8 Å². The SMILES string of the molecule is CC[C@H](Oc1cc(C)ccc1C)C(=O)NCCOc1ccc2ccccc2c1. The minimum atomic E-state index is -0.513. The number of ether oxygens (including phenoxy) is 2. The van der Waals surface area contributed by atoms with Crippen molar-refractivity contribution in [1.29, 1.82) is 0 Å². The summed E-state index contributed by atoms with van der Waals surface area (Å²) in [5.74, 6) is 1.44. The fourth-order valence-corrected chi connectivity index (χ4v) is 3.02. The van der Waals surface area contributed by atoms with Crippen LogP contribution in [0.15, 0.2) is 60.7 Å². The molecule has 28 heavy (non-hydrogen) atoms. The monoisotopic (exact) mass is 377 g/mol. The summed E-state index contributed by atoms with van der Waals surface area (Å²) in [7, 11) is 0. The lowest BCUT2D eigenvalue weighted by Crippen LogP contribution is -2.39. The zero-order valence-corrected chi connectivity index (χ0v) is 16.7. The molecule has 0 fully saturated rings. The summed E-state index contributed by atoms with van der Waals surface area (Å²) in [4.78, 5) is 12.5. The first kappa shape index (κ1) is 19.7. The lowest BCUT2D eigenvalue weighted by Gasteiger charge is -2.19. The lowest BCUT2D eigenvalue weighted by molar-refractivity contribution is -0.128. The minimum Gasteiger partial charge on any atom is -0.492 e. The number of carbonyl (C=O) groups excluding carboxylic acids is 1. The van der Waals surface area contributed by atoms with E-state index in [0.29, 0.717) is 19.6 Å². The zero-order valence-electron chi connectivity index (χ0n) is 16.7. The van der Waals surface area contributed by atoms with E-state index in [4.69, 9.17) is 9.47 Å². The molecule has 3 aromatic rings. The first-order valence-corrected chi connectivity index (χ1v) is 9.70. The fourth-order valence-electron chi connectivity index (χ4n) is 3.02. The molecule has 0 radical (unpaired) electrons. The second kappa shape index (κ2) is 9.27. The molecule has 0 aliphatic carbocycles. The smallest absolute Gasteiger partial charge is 0.261 e. The van der Waals surface area contributed by atoms with Crippen LogP contribution in [0.1, 0.15) is 24.5 Å². The molecule has 146 valence electrons. The Labute approximate surface area is 166 Å². The van der Waals surface area contributed by atoms with Crippen molar-refractivity contribution in [2.45, 2.75) is 33.3 Å². The number of carbonyl (C=O) groups is 1. The normalized spacial score (nSPS) is 11.8. The standard InChI is InChI=1S/C24H27NO3/c1-4-22(28-23-15-17(2)9-10-18(23)3)24(26)25-13-14-27-21-12-11-19-7-5-6-8-20(19)16-21/h5-12,15-16,22H,4,13-14H2,1-3H3,(H,25,26)/t22-/m0/s1. The van der Waals surface area contributed by atoms with Gasteiger partial charge in [0.2, 0.25) is 0 Å². The number of hydrogen-bond donors (Lipinski definition) is 1. The summed E-state index contributed by atoms with van der Waals surface area (Å²) in [6.45, 7) is 6.78. The Morgan fingerprint density at radius 2 is 1.79 bits per heavy atom. The quantitative estimate of drug-likeness (QED) is 0.573. The van der Waals surface area contributed by atoms with Gasteiger partial charge in [-0.2, -0.15) is 0 Å². The average molecular weight is 377 g/mol. The summed E-state index contributed by atoms with van der Waals surface area (Å²) in [5.41, 5.74) is 2.14. The van der Waals surface area contributed by atoms with Crippen LogP contribution < -0.4 is 14.8 Å². The van der Waals surface area contributed by atoms with Gasteiger partial charge >= 0.3 is 0 Å². The van der Waals surface area contributed by atoms with Gasteiger partial charge in [0.05, 0.1) is 6.54 Å². The maximum Gasteiger partial charge on any atom is 0.261 e. The Balaban J connectivity index is 1.50. The molecule has 3 aromatic carbocycles. The molecule has 3 rings (SSSR count). The molecule has 0 heterocycles. The number of hydrogen-bond acceptors (Lipinski definition) is 3. The van der Waals surface area contributed by atoms with Crippen LogP contribution in [0.4, 0.5) is 0 Å². The molecule has 4 heteroatoms. The van der Waals surface area contributed by atoms with Crippen molar-refractivity contribution in [2.24, 2.45) is 0 Å². The van der Waals surface area contributed by atoms with E-state index in [2.05, 4.69) is 17.4 Å². The van der Waals surface area contributed by atoms with Gasteiger partial charge in [-0.05, 0) is 60.4 Å². The topological polar surface area (TPSA) is 47.6 Å². The highest BCUT2D eigenvalue weighted by atomic mass is 16.5. The molecule has 0 saturated carbocycles. The third kappa shape index (κ3) is 5.03. The molecule has 0 aromatic heterocycles. The van der Waals surface area contributed by atoms with Crippen LogP contribution >= 0.6 is 0 Å². The van der Waals surface area contributed by atoms with Gasteiger partial charge in [0, 0.05) is 0 Å². The van der Waals surface area contributed by atoms with E-state index in [-0.39, 0.29) is 5.91 Å². The van der Waals surface area contributed by atoms with Gasteiger partial charge in [-0.1, -0.05) is 49.4 Å². The van der Waals surface area contributed by atoms with Gasteiger partial charge in [-0.15, -0.1) is 0 Å². The molecule has 0 unspecified atom stereocenters. The summed E-state index contributed by atoms with van der Waals surface area (Å²) < 4.78 is 11.7. The van der Waals surface area contributed by atoms with E-state index >= 15 is 0 Å². The Kier molecular flexibility index (Phi) is 6.53. The van der Waals surface area contributed by atoms with Crippen molar-refractivity contribution in [3.63, 3.8) is 0 Å². The summed E-state index contributed by atoms with van der Waals surface area (Å²) in [6.07, 6.45) is 0.0891. The second-order valence-electron chi connectivity index (χ2n) is 6.93. The third-order valence-corrected chi connectivity index (χ3v) is 4.67. The van der Waals surface area contributed by atoms with E-state index in [9.17, 15) is 4.79 Å². The van der Waals surface area contributed by atoms with Gasteiger partial charge in [0.15, 0.2) is 6.10 Å². The van der Waals surface area contributed by atoms with E-state index in [0.717, 1.165) is 28.0 Å². The molecular weight excluding hydrogens is 350 g/mol. The van der Waals surface area contributed by atoms with Crippen molar-refractivity contribution < 1.29 is 14.3 Å². The Bertz CT molecular complexity index is 951. The molecule has 0 saturated heterocycles. The van der Waals surface area contributed by atoms with Gasteiger partial charge in [-0.3, -0.25) is 4.79 Å². The van der Waals surface area contributed by atoms with Crippen LogP contribution in [0.5, 0.6) is 11.5 Å². The minimum absolute atomic E-state index is 0.120. The van der Waals surface area contributed by atoms with Crippen molar-refractivity contribution >= 4 is 16.7 Å². The van der Waals surface area contributed by atoms with Crippen LogP contribution in [0.3, 0.4) is 0 Å². The van der Waals surface area contributed by atoms with E-state index < -0.39 is 6.10 Å². The highest BCUT2D eigenvalue weighted by Crippen LogP contribution is 2.22. The highest BCUT2D eigenvalue weighted by Gasteiger charge is 2.18. The van der Waals surface area contributed by atoms with Crippen LogP contribution in [0, 0.1) is 13.8 Å². The summed E-state index contributed by atoms with van der Waals surface area (Å²) in [6, 6.07) is 20.2. The number of aryl methyl sites for hydroxylation is 2. The van der Waals surface area contributed by atoms with Crippen LogP contribution in [0.2, 0.25) is 0 Å². The Morgan fingerprint density at radius 3 is 2.57 bits per heavy atom. The summed E-state index contributed by atoms with van der Waals surface area (Å²) >= 11 is 0. The predicted octanol–water partition coefficient (Wildman–Crippen LogP) is 4.81. The predicted molar refractivity (Wildman–Crippen MR) is 113 cm³/mol. The Hall–Kier alpha value is -3.01.